The van der Waals surface area contributed by atoms with Crippen LogP contribution in [0.25, 0.3) is 11.3 Å². The van der Waals surface area contributed by atoms with Gasteiger partial charge in [-0.2, -0.15) is 14.9 Å². The zero-order valence-electron chi connectivity index (χ0n) is 16.6. The number of aromatic amines is 2. The van der Waals surface area contributed by atoms with Gasteiger partial charge in [0, 0.05) is 10.6 Å². The van der Waals surface area contributed by atoms with Crippen molar-refractivity contribution in [1.29, 1.82) is 0 Å². The molecule has 0 fully saturated rings. The largest absolute Gasteiger partial charge is 0.497 e. The number of halogens is 1. The van der Waals surface area contributed by atoms with Crippen molar-refractivity contribution in [2.75, 3.05) is 7.11 Å². The second-order valence-corrected chi connectivity index (χ2v) is 7.04. The first-order valence-electron chi connectivity index (χ1n) is 9.19. The minimum atomic E-state index is -0.609. The Labute approximate surface area is 181 Å². The van der Waals surface area contributed by atoms with Crippen molar-refractivity contribution >= 4 is 28.9 Å². The summed E-state index contributed by atoms with van der Waals surface area (Å²) in [4.78, 5) is 25.6. The number of azo groups is 1. The van der Waals surface area contributed by atoms with Gasteiger partial charge in [0.1, 0.15) is 11.4 Å². The van der Waals surface area contributed by atoms with E-state index in [2.05, 4.69) is 25.5 Å². The number of methoxy groups -OCH3 is 1. The fourth-order valence-corrected chi connectivity index (χ4v) is 3.00. The van der Waals surface area contributed by atoms with Crippen molar-refractivity contribution in [3.63, 3.8) is 0 Å². The Morgan fingerprint density at radius 1 is 1.10 bits per heavy atom. The number of benzene rings is 2. The van der Waals surface area contributed by atoms with Crippen molar-refractivity contribution in [2.24, 2.45) is 10.2 Å². The van der Waals surface area contributed by atoms with E-state index >= 15 is 0 Å². The molecule has 4 aromatic rings. The highest BCUT2D eigenvalue weighted by molar-refractivity contribution is 6.30. The van der Waals surface area contributed by atoms with Crippen molar-refractivity contribution in [2.45, 2.75) is 6.92 Å². The molecule has 0 spiro atoms. The third-order valence-corrected chi connectivity index (χ3v) is 4.78. The Bertz CT molecular complexity index is 1320. The molecule has 0 radical (unpaired) electrons. The molecule has 0 saturated heterocycles. The molecule has 156 valence electrons. The topological polar surface area (TPSA) is 117 Å². The lowest BCUT2D eigenvalue weighted by Crippen LogP contribution is -2.25. The lowest BCUT2D eigenvalue weighted by atomic mass is 10.1. The Balaban J connectivity index is 1.59. The van der Waals surface area contributed by atoms with Crippen molar-refractivity contribution < 1.29 is 9.53 Å². The van der Waals surface area contributed by atoms with E-state index in [1.165, 1.54) is 0 Å². The van der Waals surface area contributed by atoms with Gasteiger partial charge in [-0.15, -0.1) is 5.11 Å². The van der Waals surface area contributed by atoms with E-state index in [4.69, 9.17) is 16.3 Å². The molecule has 31 heavy (non-hydrogen) atoms. The molecule has 2 N–H and O–H groups in total. The van der Waals surface area contributed by atoms with Crippen LogP contribution in [0, 0.1) is 6.92 Å². The van der Waals surface area contributed by atoms with E-state index in [1.54, 1.807) is 68.6 Å². The molecule has 10 heteroatoms. The number of nitrogens with one attached hydrogen (secondary N) is 2. The van der Waals surface area contributed by atoms with Crippen LogP contribution in [-0.4, -0.2) is 33.0 Å². The number of carbonyl (C=O) groups excluding carboxylic acids is 1. The van der Waals surface area contributed by atoms with E-state index in [0.29, 0.717) is 27.8 Å². The maximum absolute atomic E-state index is 12.8. The average molecular weight is 437 g/mol. The number of aromatic nitrogens is 4. The summed E-state index contributed by atoms with van der Waals surface area (Å²) in [5, 5.41) is 18.2. The van der Waals surface area contributed by atoms with Gasteiger partial charge in [0.15, 0.2) is 5.69 Å². The number of hydrogen-bond acceptors (Lipinski definition) is 6. The maximum atomic E-state index is 12.8. The number of nitrogens with zero attached hydrogens (tertiary/aromatic N) is 4. The molecule has 0 saturated carbocycles. The van der Waals surface area contributed by atoms with Gasteiger partial charge in [-0.1, -0.05) is 23.7 Å². The Morgan fingerprint density at radius 3 is 2.48 bits per heavy atom. The predicted octanol–water partition coefficient (Wildman–Crippen LogP) is 4.64. The summed E-state index contributed by atoms with van der Waals surface area (Å²) in [5.41, 5.74) is 1.86. The third-order valence-electron chi connectivity index (χ3n) is 4.53. The van der Waals surface area contributed by atoms with Gasteiger partial charge < -0.3 is 4.74 Å². The Hall–Kier alpha value is -3.98. The molecule has 4 rings (SSSR count). The summed E-state index contributed by atoms with van der Waals surface area (Å²) in [6.07, 6.45) is 0. The highest BCUT2D eigenvalue weighted by atomic mass is 35.5. The quantitative estimate of drug-likeness (QED) is 0.443. The van der Waals surface area contributed by atoms with Gasteiger partial charge in [0.2, 0.25) is 0 Å². The predicted molar refractivity (Wildman–Crippen MR) is 116 cm³/mol. The second kappa shape index (κ2) is 8.41. The molecule has 0 aliphatic rings. The lowest BCUT2D eigenvalue weighted by Gasteiger charge is -1.97. The third kappa shape index (κ3) is 4.17. The smallest absolute Gasteiger partial charge is 0.302 e. The Kier molecular flexibility index (Phi) is 5.50. The van der Waals surface area contributed by atoms with Crippen LogP contribution >= 0.6 is 11.6 Å². The van der Waals surface area contributed by atoms with E-state index in [9.17, 15) is 9.59 Å². The molecule has 2 aromatic heterocycles. The summed E-state index contributed by atoms with van der Waals surface area (Å²) in [7, 11) is 1.57. The van der Waals surface area contributed by atoms with E-state index in [-0.39, 0.29) is 11.4 Å². The lowest BCUT2D eigenvalue weighted by molar-refractivity contribution is 0.0936. The van der Waals surface area contributed by atoms with Crippen LogP contribution in [-0.2, 0) is 0 Å². The van der Waals surface area contributed by atoms with Gasteiger partial charge >= 0.3 is 5.56 Å². The standard InChI is InChI=1S/C21H17ClN6O3/c1-12-19(26-23-15-7-9-16(31-2)10-8-15)21(30)28(27-12)20(29)18-11-17(24-25-18)13-3-5-14(22)6-4-13/h3-11,27H,1-2H3,(H,24,25). The second-order valence-electron chi connectivity index (χ2n) is 6.60. The van der Waals surface area contributed by atoms with Crippen LogP contribution in [0.5, 0.6) is 5.75 Å². The van der Waals surface area contributed by atoms with Gasteiger partial charge in [0.05, 0.1) is 24.2 Å². The Morgan fingerprint density at radius 2 is 1.81 bits per heavy atom. The molecule has 0 aliphatic heterocycles. The average Bonchev–Trinajstić information content (AvgIpc) is 3.38. The highest BCUT2D eigenvalue weighted by Gasteiger charge is 2.20. The van der Waals surface area contributed by atoms with Crippen LogP contribution in [0.3, 0.4) is 0 Å². The molecule has 0 unspecified atom stereocenters. The monoisotopic (exact) mass is 436 g/mol. The fraction of sp³-hybridized carbons (Fsp3) is 0.0952. The molecule has 2 aromatic carbocycles. The summed E-state index contributed by atoms with van der Waals surface area (Å²) in [6.45, 7) is 1.64. The molecule has 0 bridgehead atoms. The highest BCUT2D eigenvalue weighted by Crippen LogP contribution is 2.22. The number of H-pyrrole nitrogens is 2. The summed E-state index contributed by atoms with van der Waals surface area (Å²) in [5.74, 6) is 0.0916. The van der Waals surface area contributed by atoms with Crippen LogP contribution in [0.15, 0.2) is 69.6 Å². The van der Waals surface area contributed by atoms with E-state index < -0.39 is 11.5 Å². The van der Waals surface area contributed by atoms with Crippen molar-refractivity contribution in [1.82, 2.24) is 20.0 Å². The molecule has 2 heterocycles. The fourth-order valence-electron chi connectivity index (χ4n) is 2.88. The maximum Gasteiger partial charge on any atom is 0.302 e. The molecular formula is C21H17ClN6O3. The molecule has 0 atom stereocenters. The summed E-state index contributed by atoms with van der Waals surface area (Å²) < 4.78 is 5.97. The SMILES string of the molecule is COc1ccc(N=Nc2c(C)[nH]n(C(=O)c3cc(-c4ccc(Cl)cc4)n[nH]3)c2=O)cc1. The summed E-state index contributed by atoms with van der Waals surface area (Å²) in [6, 6.07) is 15.5. The molecule has 9 nitrogen and oxygen atoms in total. The van der Waals surface area contributed by atoms with E-state index in [0.717, 1.165) is 10.2 Å². The van der Waals surface area contributed by atoms with Crippen LogP contribution < -0.4 is 10.3 Å². The zero-order valence-corrected chi connectivity index (χ0v) is 17.3. The number of rotatable bonds is 5. The van der Waals surface area contributed by atoms with Gasteiger partial charge in [-0.25, -0.2) is 0 Å². The first kappa shape index (κ1) is 20.3. The molecule has 0 aliphatic carbocycles. The molecular weight excluding hydrogens is 420 g/mol. The zero-order chi connectivity index (χ0) is 22.0. The summed E-state index contributed by atoms with van der Waals surface area (Å²) >= 11 is 5.90. The van der Waals surface area contributed by atoms with Crippen LogP contribution in [0.4, 0.5) is 11.4 Å². The number of aryl methyl sites for hydroxylation is 1. The van der Waals surface area contributed by atoms with Crippen molar-refractivity contribution in [3.05, 3.63) is 81.4 Å². The van der Waals surface area contributed by atoms with Gasteiger partial charge in [-0.05, 0) is 49.4 Å². The first-order valence-corrected chi connectivity index (χ1v) is 9.57. The van der Waals surface area contributed by atoms with E-state index in [1.807, 2.05) is 0 Å². The normalized spacial score (nSPS) is 11.2. The van der Waals surface area contributed by atoms with Crippen LogP contribution in [0.1, 0.15) is 16.2 Å². The number of hydrogen-bond donors (Lipinski definition) is 2. The first-order chi connectivity index (χ1) is 15.0. The van der Waals surface area contributed by atoms with Gasteiger partial charge in [0.25, 0.3) is 5.91 Å². The van der Waals surface area contributed by atoms with Gasteiger partial charge in [-0.3, -0.25) is 19.8 Å². The minimum Gasteiger partial charge on any atom is -0.497 e. The van der Waals surface area contributed by atoms with Crippen LogP contribution in [0.2, 0.25) is 5.02 Å². The number of carbonyl (C=O) groups is 1. The minimum absolute atomic E-state index is 0.0432. The molecule has 0 amide bonds. The van der Waals surface area contributed by atoms with Crippen molar-refractivity contribution in [3.8, 4) is 17.0 Å². The number of ether oxygens (including phenoxy) is 1.